The van der Waals surface area contributed by atoms with Crippen molar-refractivity contribution in [2.45, 2.75) is 6.42 Å². The van der Waals surface area contributed by atoms with Crippen LogP contribution in [0.3, 0.4) is 0 Å². The van der Waals surface area contributed by atoms with Gasteiger partial charge in [-0.25, -0.2) is 9.97 Å². The Kier molecular flexibility index (Phi) is 2.80. The zero-order valence-electron chi connectivity index (χ0n) is 6.41. The summed E-state index contributed by atoms with van der Waals surface area (Å²) < 4.78 is 0. The van der Waals surface area contributed by atoms with Gasteiger partial charge in [0.15, 0.2) is 0 Å². The maximum atomic E-state index is 8.58. The quantitative estimate of drug-likeness (QED) is 0.644. The van der Waals surface area contributed by atoms with Gasteiger partial charge in [-0.15, -0.1) is 0 Å². The molecule has 0 amide bonds. The molecule has 0 radical (unpaired) electrons. The van der Waals surface area contributed by atoms with Crippen molar-refractivity contribution in [1.82, 2.24) is 9.97 Å². The molecule has 0 aliphatic rings. The van der Waals surface area contributed by atoms with Crippen LogP contribution in [0.4, 0.5) is 5.95 Å². The van der Waals surface area contributed by atoms with Crippen molar-refractivity contribution in [3.8, 4) is 0 Å². The molecule has 60 valence electrons. The van der Waals surface area contributed by atoms with Crippen LogP contribution >= 0.6 is 0 Å². The zero-order chi connectivity index (χ0) is 8.10. The van der Waals surface area contributed by atoms with Crippen molar-refractivity contribution < 1.29 is 5.11 Å². The minimum absolute atomic E-state index is 0.141. The van der Waals surface area contributed by atoms with E-state index in [-0.39, 0.29) is 6.61 Å². The van der Waals surface area contributed by atoms with Crippen molar-refractivity contribution in [3.05, 3.63) is 18.0 Å². The van der Waals surface area contributed by atoms with E-state index < -0.39 is 0 Å². The molecular weight excluding hydrogens is 142 g/mol. The Bertz CT molecular complexity index is 209. The molecule has 0 atom stereocenters. The van der Waals surface area contributed by atoms with Crippen LogP contribution in [0.1, 0.15) is 5.56 Å². The highest BCUT2D eigenvalue weighted by Gasteiger charge is 1.93. The predicted molar refractivity (Wildman–Crippen MR) is 42.4 cm³/mol. The number of aromatic nitrogens is 2. The number of nitrogens with zero attached hydrogens (tertiary/aromatic N) is 2. The number of rotatable bonds is 3. The molecular formula is C7H11N3O. The fourth-order valence-corrected chi connectivity index (χ4v) is 0.742. The van der Waals surface area contributed by atoms with Gasteiger partial charge in [-0.2, -0.15) is 0 Å². The second-order valence-corrected chi connectivity index (χ2v) is 2.14. The van der Waals surface area contributed by atoms with Gasteiger partial charge in [0, 0.05) is 26.0 Å². The van der Waals surface area contributed by atoms with Gasteiger partial charge in [0.1, 0.15) is 0 Å². The number of nitrogens with one attached hydrogen (secondary N) is 1. The van der Waals surface area contributed by atoms with E-state index in [1.807, 2.05) is 0 Å². The van der Waals surface area contributed by atoms with Crippen LogP contribution in [0, 0.1) is 0 Å². The predicted octanol–water partition coefficient (Wildman–Crippen LogP) is 0.0531. The van der Waals surface area contributed by atoms with Gasteiger partial charge < -0.3 is 10.4 Å². The van der Waals surface area contributed by atoms with Gasteiger partial charge in [0.05, 0.1) is 0 Å². The van der Waals surface area contributed by atoms with E-state index in [0.29, 0.717) is 12.4 Å². The maximum absolute atomic E-state index is 8.58. The Morgan fingerprint density at radius 3 is 2.55 bits per heavy atom. The van der Waals surface area contributed by atoms with E-state index in [2.05, 4.69) is 15.3 Å². The Hall–Kier alpha value is -1.16. The smallest absolute Gasteiger partial charge is 0.222 e. The Labute approximate surface area is 65.3 Å². The Morgan fingerprint density at radius 2 is 2.09 bits per heavy atom. The molecule has 11 heavy (non-hydrogen) atoms. The molecule has 1 heterocycles. The second-order valence-electron chi connectivity index (χ2n) is 2.14. The molecule has 2 N–H and O–H groups in total. The highest BCUT2D eigenvalue weighted by atomic mass is 16.2. The molecule has 0 bridgehead atoms. The summed E-state index contributed by atoms with van der Waals surface area (Å²) in [6, 6.07) is 0. The van der Waals surface area contributed by atoms with Crippen LogP contribution < -0.4 is 5.32 Å². The molecule has 4 heteroatoms. The fraction of sp³-hybridized carbons (Fsp3) is 0.429. The van der Waals surface area contributed by atoms with Gasteiger partial charge in [0.2, 0.25) is 5.95 Å². The van der Waals surface area contributed by atoms with Gasteiger partial charge in [0.25, 0.3) is 0 Å². The van der Waals surface area contributed by atoms with Crippen LogP contribution in [-0.2, 0) is 6.42 Å². The van der Waals surface area contributed by atoms with Gasteiger partial charge >= 0.3 is 0 Å². The highest BCUT2D eigenvalue weighted by molar-refractivity contribution is 5.23. The van der Waals surface area contributed by atoms with Crippen molar-refractivity contribution in [3.63, 3.8) is 0 Å². The first-order valence-electron chi connectivity index (χ1n) is 3.46. The minimum Gasteiger partial charge on any atom is -0.396 e. The molecule has 0 fully saturated rings. The third kappa shape index (κ3) is 2.16. The van der Waals surface area contributed by atoms with Crippen LogP contribution in [0.15, 0.2) is 12.4 Å². The Balaban J connectivity index is 2.66. The minimum atomic E-state index is 0.141. The van der Waals surface area contributed by atoms with E-state index in [0.717, 1.165) is 5.56 Å². The maximum Gasteiger partial charge on any atom is 0.222 e. The molecule has 0 saturated heterocycles. The fourth-order valence-electron chi connectivity index (χ4n) is 0.742. The SMILES string of the molecule is CNc1ncc(CCO)cn1. The zero-order valence-corrected chi connectivity index (χ0v) is 6.41. The summed E-state index contributed by atoms with van der Waals surface area (Å²) in [6.45, 7) is 0.141. The lowest BCUT2D eigenvalue weighted by Crippen LogP contribution is -1.98. The van der Waals surface area contributed by atoms with Crippen LogP contribution in [-0.4, -0.2) is 28.7 Å². The van der Waals surface area contributed by atoms with Crippen LogP contribution in [0.2, 0.25) is 0 Å². The molecule has 1 rings (SSSR count). The monoisotopic (exact) mass is 153 g/mol. The van der Waals surface area contributed by atoms with E-state index in [1.54, 1.807) is 19.4 Å². The van der Waals surface area contributed by atoms with Crippen molar-refractivity contribution in [2.24, 2.45) is 0 Å². The number of hydrogen-bond donors (Lipinski definition) is 2. The number of hydrogen-bond acceptors (Lipinski definition) is 4. The van der Waals surface area contributed by atoms with Crippen molar-refractivity contribution >= 4 is 5.95 Å². The number of aliphatic hydroxyl groups excluding tert-OH is 1. The van der Waals surface area contributed by atoms with Crippen molar-refractivity contribution in [1.29, 1.82) is 0 Å². The normalized spacial score (nSPS) is 9.64. The summed E-state index contributed by atoms with van der Waals surface area (Å²) in [5.74, 6) is 0.603. The lowest BCUT2D eigenvalue weighted by molar-refractivity contribution is 0.299. The third-order valence-corrected chi connectivity index (χ3v) is 1.33. The third-order valence-electron chi connectivity index (χ3n) is 1.33. The molecule has 0 saturated carbocycles. The summed E-state index contributed by atoms with van der Waals surface area (Å²) >= 11 is 0. The molecule has 4 nitrogen and oxygen atoms in total. The lowest BCUT2D eigenvalue weighted by atomic mass is 10.3. The largest absolute Gasteiger partial charge is 0.396 e. The first-order chi connectivity index (χ1) is 5.36. The highest BCUT2D eigenvalue weighted by Crippen LogP contribution is 1.98. The van der Waals surface area contributed by atoms with E-state index in [4.69, 9.17) is 5.11 Å². The first kappa shape index (κ1) is 7.94. The average molecular weight is 153 g/mol. The number of aliphatic hydroxyl groups is 1. The Morgan fingerprint density at radius 1 is 1.45 bits per heavy atom. The average Bonchev–Trinajstić information content (AvgIpc) is 2.07. The summed E-state index contributed by atoms with van der Waals surface area (Å²) in [7, 11) is 1.76. The van der Waals surface area contributed by atoms with E-state index >= 15 is 0 Å². The molecule has 0 aliphatic carbocycles. The van der Waals surface area contributed by atoms with Gasteiger partial charge in [-0.1, -0.05) is 0 Å². The molecule has 0 aromatic carbocycles. The second kappa shape index (κ2) is 3.88. The molecule has 0 aliphatic heterocycles. The summed E-state index contributed by atoms with van der Waals surface area (Å²) in [5.41, 5.74) is 0.950. The van der Waals surface area contributed by atoms with Gasteiger partial charge in [-0.3, -0.25) is 0 Å². The molecule has 1 aromatic heterocycles. The van der Waals surface area contributed by atoms with Crippen molar-refractivity contribution in [2.75, 3.05) is 19.0 Å². The van der Waals surface area contributed by atoms with Gasteiger partial charge in [-0.05, 0) is 12.0 Å². The van der Waals surface area contributed by atoms with Crippen LogP contribution in [0.5, 0.6) is 0 Å². The molecule has 0 unspecified atom stereocenters. The molecule has 1 aromatic rings. The summed E-state index contributed by atoms with van der Waals surface area (Å²) in [5, 5.41) is 11.4. The lowest BCUT2D eigenvalue weighted by Gasteiger charge is -1.98. The van der Waals surface area contributed by atoms with Crippen LogP contribution in [0.25, 0.3) is 0 Å². The molecule has 0 spiro atoms. The van der Waals surface area contributed by atoms with E-state index in [9.17, 15) is 0 Å². The summed E-state index contributed by atoms with van der Waals surface area (Å²) in [6.07, 6.45) is 4.02. The standard InChI is InChI=1S/C7H11N3O/c1-8-7-9-4-6(2-3-11)5-10-7/h4-5,11H,2-3H2,1H3,(H,8,9,10). The topological polar surface area (TPSA) is 58.0 Å². The first-order valence-corrected chi connectivity index (χ1v) is 3.46. The number of anilines is 1. The van der Waals surface area contributed by atoms with E-state index in [1.165, 1.54) is 0 Å². The summed E-state index contributed by atoms with van der Waals surface area (Å²) in [4.78, 5) is 7.96.